The van der Waals surface area contributed by atoms with E-state index in [0.29, 0.717) is 20.8 Å². The van der Waals surface area contributed by atoms with Crippen molar-refractivity contribution in [3.8, 4) is 5.75 Å². The van der Waals surface area contributed by atoms with Crippen molar-refractivity contribution in [3.05, 3.63) is 61.0 Å². The second kappa shape index (κ2) is 7.21. The van der Waals surface area contributed by atoms with Gasteiger partial charge in [0.15, 0.2) is 0 Å². The molecule has 2 aromatic rings. The van der Waals surface area contributed by atoms with Crippen molar-refractivity contribution < 1.29 is 4.74 Å². The van der Waals surface area contributed by atoms with Crippen LogP contribution in [-0.4, -0.2) is 14.2 Å². The Morgan fingerprint density at radius 1 is 1.14 bits per heavy atom. The molecule has 0 saturated carbocycles. The molecule has 0 radical (unpaired) electrons. The molecular formula is C15H13BrCl3NO. The molecule has 0 spiro atoms. The van der Waals surface area contributed by atoms with Gasteiger partial charge in [-0.25, -0.2) is 0 Å². The van der Waals surface area contributed by atoms with Crippen LogP contribution in [0.25, 0.3) is 0 Å². The smallest absolute Gasteiger partial charge is 0.138 e. The molecule has 2 nitrogen and oxygen atoms in total. The van der Waals surface area contributed by atoms with Crippen molar-refractivity contribution >= 4 is 50.7 Å². The topological polar surface area (TPSA) is 21.3 Å². The maximum atomic E-state index is 6.32. The maximum absolute atomic E-state index is 6.32. The maximum Gasteiger partial charge on any atom is 0.138 e. The van der Waals surface area contributed by atoms with Crippen molar-refractivity contribution in [3.63, 3.8) is 0 Å². The third kappa shape index (κ3) is 3.49. The molecule has 0 amide bonds. The first-order valence-corrected chi connectivity index (χ1v) is 8.06. The Morgan fingerprint density at radius 3 is 2.29 bits per heavy atom. The lowest BCUT2D eigenvalue weighted by Gasteiger charge is -2.23. The van der Waals surface area contributed by atoms with Crippen molar-refractivity contribution in [2.24, 2.45) is 0 Å². The Labute approximate surface area is 147 Å². The van der Waals surface area contributed by atoms with Crippen LogP contribution in [0.2, 0.25) is 15.1 Å². The summed E-state index contributed by atoms with van der Waals surface area (Å²) in [7, 11) is 3.44. The van der Waals surface area contributed by atoms with Gasteiger partial charge in [0.1, 0.15) is 5.75 Å². The fourth-order valence-corrected chi connectivity index (χ4v) is 3.86. The van der Waals surface area contributed by atoms with Crippen molar-refractivity contribution in [2.45, 2.75) is 6.04 Å². The van der Waals surface area contributed by atoms with Gasteiger partial charge >= 0.3 is 0 Å². The number of benzene rings is 2. The van der Waals surface area contributed by atoms with E-state index in [1.54, 1.807) is 25.3 Å². The zero-order valence-electron chi connectivity index (χ0n) is 11.4. The highest BCUT2D eigenvalue weighted by Crippen LogP contribution is 2.41. The summed E-state index contributed by atoms with van der Waals surface area (Å²) in [6.07, 6.45) is 0. The van der Waals surface area contributed by atoms with Crippen LogP contribution in [0.4, 0.5) is 0 Å². The monoisotopic (exact) mass is 407 g/mol. The lowest BCUT2D eigenvalue weighted by atomic mass is 9.97. The fourth-order valence-electron chi connectivity index (χ4n) is 2.25. The Balaban J connectivity index is 2.67. The molecule has 0 saturated heterocycles. The summed E-state index contributed by atoms with van der Waals surface area (Å²) in [5, 5.41) is 4.98. The molecule has 0 aliphatic heterocycles. The van der Waals surface area contributed by atoms with E-state index in [2.05, 4.69) is 21.2 Å². The quantitative estimate of drug-likeness (QED) is 0.697. The summed E-state index contributed by atoms with van der Waals surface area (Å²) in [6.45, 7) is 0. The van der Waals surface area contributed by atoms with Gasteiger partial charge in [-0.1, -0.05) is 40.9 Å². The molecule has 1 unspecified atom stereocenters. The van der Waals surface area contributed by atoms with E-state index in [-0.39, 0.29) is 6.04 Å². The lowest BCUT2D eigenvalue weighted by Crippen LogP contribution is -2.19. The van der Waals surface area contributed by atoms with Gasteiger partial charge in [-0.05, 0) is 47.2 Å². The van der Waals surface area contributed by atoms with E-state index >= 15 is 0 Å². The van der Waals surface area contributed by atoms with Crippen molar-refractivity contribution in [1.29, 1.82) is 0 Å². The third-order valence-electron chi connectivity index (χ3n) is 3.13. The third-order valence-corrected chi connectivity index (χ3v) is 4.60. The summed E-state index contributed by atoms with van der Waals surface area (Å²) in [4.78, 5) is 0. The molecule has 6 heteroatoms. The van der Waals surface area contributed by atoms with Crippen LogP contribution < -0.4 is 10.1 Å². The molecule has 2 rings (SSSR count). The van der Waals surface area contributed by atoms with Gasteiger partial charge in [0, 0.05) is 26.2 Å². The standard InChI is InChI=1S/C15H13BrCl3NO/c1-20-14(13-11(18)4-3-5-12(13)19)9-6-8(17)7-10(16)15(9)21-2/h3-7,14,20H,1-2H3. The van der Waals surface area contributed by atoms with Crippen LogP contribution in [0.15, 0.2) is 34.8 Å². The van der Waals surface area contributed by atoms with E-state index in [9.17, 15) is 0 Å². The summed E-state index contributed by atoms with van der Waals surface area (Å²) in [5.74, 6) is 0.690. The van der Waals surface area contributed by atoms with Crippen LogP contribution in [0, 0.1) is 0 Å². The second-order valence-corrected chi connectivity index (χ2v) is 6.47. The molecule has 112 valence electrons. The van der Waals surface area contributed by atoms with E-state index in [0.717, 1.165) is 15.6 Å². The zero-order chi connectivity index (χ0) is 15.6. The van der Waals surface area contributed by atoms with Gasteiger partial charge in [-0.3, -0.25) is 0 Å². The first kappa shape index (κ1) is 16.9. The van der Waals surface area contributed by atoms with E-state index in [1.807, 2.05) is 19.2 Å². The first-order valence-electron chi connectivity index (χ1n) is 6.13. The highest BCUT2D eigenvalue weighted by molar-refractivity contribution is 9.10. The molecule has 0 aliphatic rings. The van der Waals surface area contributed by atoms with E-state index in [1.165, 1.54) is 0 Å². The average Bonchev–Trinajstić information content (AvgIpc) is 2.42. The van der Waals surface area contributed by atoms with Gasteiger partial charge in [-0.2, -0.15) is 0 Å². The van der Waals surface area contributed by atoms with Crippen molar-refractivity contribution in [2.75, 3.05) is 14.2 Å². The van der Waals surface area contributed by atoms with Gasteiger partial charge in [-0.15, -0.1) is 0 Å². The average molecular weight is 410 g/mol. The Bertz CT molecular complexity index is 643. The number of rotatable bonds is 4. The predicted octanol–water partition coefficient (Wildman–Crippen LogP) is 5.73. The van der Waals surface area contributed by atoms with Crippen LogP contribution in [-0.2, 0) is 0 Å². The highest BCUT2D eigenvalue weighted by Gasteiger charge is 2.23. The number of nitrogens with one attached hydrogen (secondary N) is 1. The van der Waals surface area contributed by atoms with Crippen LogP contribution in [0.5, 0.6) is 5.75 Å². The highest BCUT2D eigenvalue weighted by atomic mass is 79.9. The minimum Gasteiger partial charge on any atom is -0.495 e. The van der Waals surface area contributed by atoms with Gasteiger partial charge in [0.2, 0.25) is 0 Å². The number of ether oxygens (including phenoxy) is 1. The van der Waals surface area contributed by atoms with E-state index < -0.39 is 0 Å². The molecular weight excluding hydrogens is 396 g/mol. The van der Waals surface area contributed by atoms with Gasteiger partial charge in [0.25, 0.3) is 0 Å². The fraction of sp³-hybridized carbons (Fsp3) is 0.200. The molecule has 2 aromatic carbocycles. The Morgan fingerprint density at radius 2 is 1.76 bits per heavy atom. The Hall–Kier alpha value is -0.450. The summed E-state index contributed by atoms with van der Waals surface area (Å²) >= 11 is 22.3. The minimum atomic E-state index is -0.240. The van der Waals surface area contributed by atoms with E-state index in [4.69, 9.17) is 39.5 Å². The number of halogens is 4. The summed E-state index contributed by atoms with van der Waals surface area (Å²) in [6, 6.07) is 8.80. The van der Waals surface area contributed by atoms with Crippen LogP contribution in [0.3, 0.4) is 0 Å². The van der Waals surface area contributed by atoms with Gasteiger partial charge < -0.3 is 10.1 Å². The van der Waals surface area contributed by atoms with Crippen LogP contribution in [0.1, 0.15) is 17.2 Å². The lowest BCUT2D eigenvalue weighted by molar-refractivity contribution is 0.403. The number of hydrogen-bond acceptors (Lipinski definition) is 2. The first-order chi connectivity index (χ1) is 9.99. The molecule has 0 aromatic heterocycles. The van der Waals surface area contributed by atoms with Crippen molar-refractivity contribution in [1.82, 2.24) is 5.32 Å². The number of methoxy groups -OCH3 is 1. The second-order valence-electron chi connectivity index (χ2n) is 4.37. The molecule has 0 heterocycles. The normalized spacial score (nSPS) is 12.3. The largest absolute Gasteiger partial charge is 0.495 e. The molecule has 1 N–H and O–H groups in total. The minimum absolute atomic E-state index is 0.240. The molecule has 21 heavy (non-hydrogen) atoms. The predicted molar refractivity (Wildman–Crippen MR) is 93.1 cm³/mol. The summed E-state index contributed by atoms with van der Waals surface area (Å²) in [5.41, 5.74) is 1.64. The van der Waals surface area contributed by atoms with Gasteiger partial charge in [0.05, 0.1) is 17.6 Å². The molecule has 0 aliphatic carbocycles. The number of hydrogen-bond donors (Lipinski definition) is 1. The molecule has 0 fully saturated rings. The summed E-state index contributed by atoms with van der Waals surface area (Å²) < 4.78 is 6.26. The molecule has 1 atom stereocenters. The Kier molecular flexibility index (Phi) is 5.81. The zero-order valence-corrected chi connectivity index (χ0v) is 15.2. The molecule has 0 bridgehead atoms. The van der Waals surface area contributed by atoms with Crippen LogP contribution >= 0.6 is 50.7 Å². The SMILES string of the molecule is CNC(c1cc(Cl)cc(Br)c1OC)c1c(Cl)cccc1Cl.